The number of para-hydroxylation sites is 1. The first-order chi connectivity index (χ1) is 7.56. The normalized spacial score (nSPS) is 12.4. The molecule has 0 saturated carbocycles. The Hall–Kier alpha value is -1.18. The minimum atomic E-state index is -0.979. The van der Waals surface area contributed by atoms with E-state index >= 15 is 0 Å². The smallest absolute Gasteiger partial charge is 0.318 e. The topological polar surface area (TPSA) is 83.6 Å². The summed E-state index contributed by atoms with van der Waals surface area (Å²) in [4.78, 5) is 9.93. The van der Waals surface area contributed by atoms with E-state index in [0.717, 1.165) is 17.8 Å². The number of thioether (sulfide) groups is 1. The molecule has 0 bridgehead atoms. The Labute approximate surface area is 95.1 Å². The molecule has 16 heavy (non-hydrogen) atoms. The second-order valence-electron chi connectivity index (χ2n) is 2.99. The summed E-state index contributed by atoms with van der Waals surface area (Å²) in [6, 6.07) is 3.76. The van der Waals surface area contributed by atoms with Gasteiger partial charge >= 0.3 is 5.69 Å². The molecule has 2 N–H and O–H groups in total. The number of aliphatic hydroxyl groups excluding tert-OH is 2. The molecule has 1 aromatic rings. The summed E-state index contributed by atoms with van der Waals surface area (Å²) >= 11 is 0.931. The van der Waals surface area contributed by atoms with Crippen molar-refractivity contribution in [2.24, 2.45) is 0 Å². The molecule has 0 amide bonds. The van der Waals surface area contributed by atoms with Crippen LogP contribution in [0.15, 0.2) is 23.1 Å². The Balaban J connectivity index is 2.87. The van der Waals surface area contributed by atoms with Gasteiger partial charge in [-0.3, -0.25) is 10.1 Å². The summed E-state index contributed by atoms with van der Waals surface area (Å²) in [6.07, 6.45) is -0.979. The van der Waals surface area contributed by atoms with Gasteiger partial charge in [-0.15, -0.1) is 11.8 Å². The maximum atomic E-state index is 13.1. The second kappa shape index (κ2) is 5.78. The molecule has 1 rings (SSSR count). The Bertz CT molecular complexity index is 388. The summed E-state index contributed by atoms with van der Waals surface area (Å²) in [5.74, 6) is -0.839. The van der Waals surface area contributed by atoms with Gasteiger partial charge in [0.2, 0.25) is 5.82 Å². The van der Waals surface area contributed by atoms with E-state index in [1.165, 1.54) is 12.1 Å². The number of benzene rings is 1. The van der Waals surface area contributed by atoms with Gasteiger partial charge < -0.3 is 10.2 Å². The fourth-order valence-corrected chi connectivity index (χ4v) is 1.99. The van der Waals surface area contributed by atoms with Crippen molar-refractivity contribution in [3.8, 4) is 0 Å². The van der Waals surface area contributed by atoms with E-state index in [2.05, 4.69) is 0 Å². The molecule has 0 heterocycles. The van der Waals surface area contributed by atoms with E-state index in [1.807, 2.05) is 0 Å². The van der Waals surface area contributed by atoms with Crippen LogP contribution in [0.25, 0.3) is 0 Å². The standard InChI is InChI=1S/C9H10FNO4S/c10-7-2-1-3-8(9(7)11(14)15)16-5-6(13)4-12/h1-3,6,12-13H,4-5H2. The zero-order valence-electron chi connectivity index (χ0n) is 8.17. The molecule has 88 valence electrons. The van der Waals surface area contributed by atoms with Gasteiger partial charge in [0.05, 0.1) is 22.5 Å². The molecular formula is C9H10FNO4S. The number of halogens is 1. The first-order valence-corrected chi connectivity index (χ1v) is 5.39. The molecule has 7 heteroatoms. The van der Waals surface area contributed by atoms with Crippen molar-refractivity contribution in [2.75, 3.05) is 12.4 Å². The van der Waals surface area contributed by atoms with E-state index in [4.69, 9.17) is 10.2 Å². The molecule has 1 unspecified atom stereocenters. The van der Waals surface area contributed by atoms with E-state index in [1.54, 1.807) is 0 Å². The van der Waals surface area contributed by atoms with Crippen LogP contribution in [0.5, 0.6) is 0 Å². The van der Waals surface area contributed by atoms with Gasteiger partial charge in [-0.05, 0) is 12.1 Å². The van der Waals surface area contributed by atoms with Crippen molar-refractivity contribution in [3.05, 3.63) is 34.1 Å². The average molecular weight is 247 g/mol. The number of nitro groups is 1. The highest BCUT2D eigenvalue weighted by Gasteiger charge is 2.20. The van der Waals surface area contributed by atoms with E-state index in [0.29, 0.717) is 0 Å². The summed E-state index contributed by atoms with van der Waals surface area (Å²) in [7, 11) is 0. The number of hydrogen-bond donors (Lipinski definition) is 2. The van der Waals surface area contributed by atoms with Gasteiger partial charge in [0.1, 0.15) is 0 Å². The monoisotopic (exact) mass is 247 g/mol. The van der Waals surface area contributed by atoms with Crippen molar-refractivity contribution in [3.63, 3.8) is 0 Å². The van der Waals surface area contributed by atoms with Crippen LogP contribution in [0.2, 0.25) is 0 Å². The average Bonchev–Trinajstić information content (AvgIpc) is 2.25. The number of hydrogen-bond acceptors (Lipinski definition) is 5. The molecule has 0 aliphatic heterocycles. The lowest BCUT2D eigenvalue weighted by molar-refractivity contribution is -0.390. The lowest BCUT2D eigenvalue weighted by atomic mass is 10.3. The van der Waals surface area contributed by atoms with E-state index in [9.17, 15) is 14.5 Å². The third-order valence-electron chi connectivity index (χ3n) is 1.77. The lowest BCUT2D eigenvalue weighted by Gasteiger charge is -2.06. The minimum absolute atomic E-state index is 0.0702. The molecule has 1 aromatic carbocycles. The van der Waals surface area contributed by atoms with E-state index in [-0.39, 0.29) is 10.6 Å². The van der Waals surface area contributed by atoms with Crippen LogP contribution in [-0.4, -0.2) is 33.6 Å². The summed E-state index contributed by atoms with van der Waals surface area (Å²) < 4.78 is 13.1. The third-order valence-corrected chi connectivity index (χ3v) is 2.97. The maximum Gasteiger partial charge on any atom is 0.318 e. The predicted octanol–water partition coefficient (Wildman–Crippen LogP) is 1.18. The molecule has 0 spiro atoms. The highest BCUT2D eigenvalue weighted by Crippen LogP contribution is 2.31. The quantitative estimate of drug-likeness (QED) is 0.463. The predicted molar refractivity (Wildman–Crippen MR) is 56.9 cm³/mol. The molecule has 0 aromatic heterocycles. The summed E-state index contributed by atoms with van der Waals surface area (Å²) in [6.45, 7) is -0.434. The van der Waals surface area contributed by atoms with Crippen LogP contribution in [0, 0.1) is 15.9 Å². The Morgan fingerprint density at radius 2 is 2.25 bits per heavy atom. The minimum Gasteiger partial charge on any atom is -0.394 e. The van der Waals surface area contributed by atoms with Crippen molar-refractivity contribution in [1.29, 1.82) is 0 Å². The fraction of sp³-hybridized carbons (Fsp3) is 0.333. The van der Waals surface area contributed by atoms with Crippen LogP contribution < -0.4 is 0 Å². The SMILES string of the molecule is O=[N+]([O-])c1c(F)cccc1SCC(O)CO. The number of aliphatic hydroxyl groups is 2. The van der Waals surface area contributed by atoms with Crippen LogP contribution in [0.3, 0.4) is 0 Å². The van der Waals surface area contributed by atoms with Crippen molar-refractivity contribution >= 4 is 17.4 Å². The molecular weight excluding hydrogens is 237 g/mol. The second-order valence-corrected chi connectivity index (χ2v) is 4.05. The van der Waals surface area contributed by atoms with Gasteiger partial charge in [-0.2, -0.15) is 4.39 Å². The first kappa shape index (κ1) is 12.9. The van der Waals surface area contributed by atoms with Crippen LogP contribution in [0.4, 0.5) is 10.1 Å². The summed E-state index contributed by atoms with van der Waals surface area (Å²) in [5, 5.41) is 28.3. The Morgan fingerprint density at radius 3 is 2.81 bits per heavy atom. The maximum absolute atomic E-state index is 13.1. The zero-order valence-corrected chi connectivity index (χ0v) is 8.98. The van der Waals surface area contributed by atoms with Crippen LogP contribution >= 0.6 is 11.8 Å². The zero-order chi connectivity index (χ0) is 12.1. The highest BCUT2D eigenvalue weighted by molar-refractivity contribution is 7.99. The van der Waals surface area contributed by atoms with Crippen molar-refractivity contribution < 1.29 is 19.5 Å². The molecule has 5 nitrogen and oxygen atoms in total. The number of nitrogens with zero attached hydrogens (tertiary/aromatic N) is 1. The Kier molecular flexibility index (Phi) is 4.66. The highest BCUT2D eigenvalue weighted by atomic mass is 32.2. The largest absolute Gasteiger partial charge is 0.394 e. The molecule has 0 fully saturated rings. The van der Waals surface area contributed by atoms with Gasteiger partial charge in [0.25, 0.3) is 0 Å². The van der Waals surface area contributed by atoms with Crippen LogP contribution in [0.1, 0.15) is 0 Å². The van der Waals surface area contributed by atoms with Crippen LogP contribution in [-0.2, 0) is 0 Å². The molecule has 0 saturated heterocycles. The van der Waals surface area contributed by atoms with Gasteiger partial charge in [-0.1, -0.05) is 6.07 Å². The van der Waals surface area contributed by atoms with Gasteiger partial charge in [0.15, 0.2) is 0 Å². The molecule has 0 aliphatic rings. The summed E-state index contributed by atoms with van der Waals surface area (Å²) in [5.41, 5.74) is -0.599. The first-order valence-electron chi connectivity index (χ1n) is 4.41. The lowest BCUT2D eigenvalue weighted by Crippen LogP contribution is -2.14. The Morgan fingerprint density at radius 1 is 1.56 bits per heavy atom. The van der Waals surface area contributed by atoms with Gasteiger partial charge in [0, 0.05) is 5.75 Å². The number of nitro benzene ring substituents is 1. The van der Waals surface area contributed by atoms with Gasteiger partial charge in [-0.25, -0.2) is 0 Å². The fourth-order valence-electron chi connectivity index (χ4n) is 1.03. The third kappa shape index (κ3) is 3.16. The van der Waals surface area contributed by atoms with Crippen molar-refractivity contribution in [2.45, 2.75) is 11.0 Å². The number of rotatable bonds is 5. The van der Waals surface area contributed by atoms with E-state index < -0.39 is 29.1 Å². The van der Waals surface area contributed by atoms with Crippen molar-refractivity contribution in [1.82, 2.24) is 0 Å². The molecule has 0 aliphatic carbocycles. The molecule has 1 atom stereocenters. The molecule has 0 radical (unpaired) electrons.